The topological polar surface area (TPSA) is 104 Å². The summed E-state index contributed by atoms with van der Waals surface area (Å²) in [5, 5.41) is 15.7. The van der Waals surface area contributed by atoms with Gasteiger partial charge in [-0.2, -0.15) is 25.3 Å². The highest BCUT2D eigenvalue weighted by Gasteiger charge is 2.35. The predicted octanol–water partition coefficient (Wildman–Crippen LogP) is 3.60. The van der Waals surface area contributed by atoms with Crippen molar-refractivity contribution in [2.45, 2.75) is 32.7 Å². The Kier molecular flexibility index (Phi) is 4.45. The van der Waals surface area contributed by atoms with Crippen molar-refractivity contribution < 1.29 is 0 Å². The Hall–Kier alpha value is -2.50. The van der Waals surface area contributed by atoms with Crippen molar-refractivity contribution in [3.63, 3.8) is 0 Å². The van der Waals surface area contributed by atoms with Crippen LogP contribution in [0.15, 0.2) is 17.2 Å². The first kappa shape index (κ1) is 17.3. The van der Waals surface area contributed by atoms with Crippen molar-refractivity contribution >= 4 is 52.2 Å². The summed E-state index contributed by atoms with van der Waals surface area (Å²) in [6.07, 6.45) is 2.47. The zero-order chi connectivity index (χ0) is 18.2. The molecular weight excluding hydrogens is 358 g/mol. The molecule has 0 aliphatic carbocycles. The number of nitrogen functional groups attached to an aromatic ring is 1. The number of hydrazone groups is 1. The Bertz CT molecular complexity index is 923. The van der Waals surface area contributed by atoms with Crippen LogP contribution in [0.2, 0.25) is 4.34 Å². The van der Waals surface area contributed by atoms with Gasteiger partial charge in [0.25, 0.3) is 5.95 Å². The highest BCUT2D eigenvalue weighted by Crippen LogP contribution is 2.31. The molecule has 0 bridgehead atoms. The molecule has 0 fully saturated rings. The van der Waals surface area contributed by atoms with Crippen LogP contribution in [0.4, 0.5) is 11.9 Å². The number of hydrogen-bond donors (Lipinski definition) is 1. The number of anilines is 2. The minimum atomic E-state index is -0.271. The first-order chi connectivity index (χ1) is 11.8. The largest absolute Gasteiger partial charge is 0.368 e. The van der Waals surface area contributed by atoms with Crippen molar-refractivity contribution in [2.75, 3.05) is 10.7 Å². The van der Waals surface area contributed by atoms with Gasteiger partial charge in [0.2, 0.25) is 5.95 Å². The smallest absolute Gasteiger partial charge is 0.252 e. The van der Waals surface area contributed by atoms with Gasteiger partial charge in [-0.15, -0.1) is 11.3 Å². The molecule has 25 heavy (non-hydrogen) atoms. The number of aromatic nitrogens is 3. The Labute approximate surface area is 154 Å². The van der Waals surface area contributed by atoms with Crippen LogP contribution in [-0.2, 0) is 0 Å². The maximum Gasteiger partial charge on any atom is 0.252 e. The Morgan fingerprint density at radius 1 is 1.40 bits per heavy atom. The molecule has 0 saturated heterocycles. The highest BCUT2D eigenvalue weighted by molar-refractivity contribution is 7.17. The van der Waals surface area contributed by atoms with Gasteiger partial charge in [-0.05, 0) is 39.0 Å². The molecule has 1 aliphatic rings. The summed E-state index contributed by atoms with van der Waals surface area (Å²) < 4.78 is 0.642. The molecule has 3 heterocycles. The Morgan fingerprint density at radius 2 is 2.16 bits per heavy atom. The highest BCUT2D eigenvalue weighted by atomic mass is 35.5. The lowest BCUT2D eigenvalue weighted by molar-refractivity contribution is 0.505. The van der Waals surface area contributed by atoms with E-state index in [-0.39, 0.29) is 22.9 Å². The molecule has 2 aromatic rings. The van der Waals surface area contributed by atoms with E-state index in [1.54, 1.807) is 17.2 Å². The maximum absolute atomic E-state index is 9.51. The molecule has 0 atom stereocenters. The second kappa shape index (κ2) is 6.43. The standard InChI is InChI=1S/C16H16ClN7S/c1-9-7-16(2,3)24(23-9)15-21-13(20-14(19)22-15)10(8-18)6-11-4-5-12(17)25-11/h4-6H,7H2,1-3H3,(H2,19,20,21,22)/b10-6-. The fourth-order valence-electron chi connectivity index (χ4n) is 2.65. The average Bonchev–Trinajstić information content (AvgIpc) is 3.05. The number of nitrogens with two attached hydrogens (primary N) is 1. The summed E-state index contributed by atoms with van der Waals surface area (Å²) in [5.74, 6) is 0.584. The van der Waals surface area contributed by atoms with Crippen LogP contribution in [0.5, 0.6) is 0 Å². The SMILES string of the molecule is CC1=NN(c2nc(N)nc(/C(C#N)=C\c3ccc(Cl)s3)n2)C(C)(C)C1. The lowest BCUT2D eigenvalue weighted by Crippen LogP contribution is -2.37. The second-order valence-electron chi connectivity index (χ2n) is 6.27. The van der Waals surface area contributed by atoms with Gasteiger partial charge >= 0.3 is 0 Å². The van der Waals surface area contributed by atoms with Gasteiger partial charge in [-0.3, -0.25) is 0 Å². The van der Waals surface area contributed by atoms with E-state index < -0.39 is 0 Å². The van der Waals surface area contributed by atoms with Crippen LogP contribution < -0.4 is 10.7 Å². The van der Waals surface area contributed by atoms with Crippen molar-refractivity contribution in [3.8, 4) is 6.07 Å². The fraction of sp³-hybridized carbons (Fsp3) is 0.312. The predicted molar refractivity (Wildman–Crippen MR) is 101 cm³/mol. The van der Waals surface area contributed by atoms with E-state index in [4.69, 9.17) is 17.3 Å². The molecule has 0 spiro atoms. The third-order valence-electron chi connectivity index (χ3n) is 3.60. The number of thiophene rings is 1. The van der Waals surface area contributed by atoms with E-state index in [1.165, 1.54) is 11.3 Å². The minimum Gasteiger partial charge on any atom is -0.368 e. The van der Waals surface area contributed by atoms with Crippen LogP contribution in [-0.4, -0.2) is 26.2 Å². The number of allylic oxidation sites excluding steroid dienone is 1. The number of nitriles is 1. The quantitative estimate of drug-likeness (QED) is 0.824. The van der Waals surface area contributed by atoms with Crippen molar-refractivity contribution in [1.29, 1.82) is 5.26 Å². The Balaban J connectivity index is 2.05. The summed E-state index contributed by atoms with van der Waals surface area (Å²) in [4.78, 5) is 13.5. The number of nitrogens with zero attached hydrogens (tertiary/aromatic N) is 6. The van der Waals surface area contributed by atoms with Gasteiger partial charge in [0, 0.05) is 17.0 Å². The number of hydrogen-bond acceptors (Lipinski definition) is 8. The van der Waals surface area contributed by atoms with Crippen LogP contribution in [0.25, 0.3) is 11.6 Å². The summed E-state index contributed by atoms with van der Waals surface area (Å²) in [6.45, 7) is 6.04. The molecule has 2 N–H and O–H groups in total. The maximum atomic E-state index is 9.51. The van der Waals surface area contributed by atoms with Gasteiger partial charge in [0.1, 0.15) is 6.07 Å². The van der Waals surface area contributed by atoms with Crippen LogP contribution in [0.1, 0.15) is 37.9 Å². The molecule has 0 aromatic carbocycles. The van der Waals surface area contributed by atoms with Gasteiger partial charge < -0.3 is 5.73 Å². The van der Waals surface area contributed by atoms with Crippen LogP contribution >= 0.6 is 22.9 Å². The van der Waals surface area contributed by atoms with Gasteiger partial charge in [0.15, 0.2) is 5.82 Å². The lowest BCUT2D eigenvalue weighted by Gasteiger charge is -2.28. The van der Waals surface area contributed by atoms with Crippen molar-refractivity contribution in [1.82, 2.24) is 15.0 Å². The van der Waals surface area contributed by atoms with Gasteiger partial charge in [0.05, 0.1) is 15.4 Å². The monoisotopic (exact) mass is 373 g/mol. The zero-order valence-electron chi connectivity index (χ0n) is 14.0. The summed E-state index contributed by atoms with van der Waals surface area (Å²) in [5.41, 5.74) is 6.84. The molecule has 2 aromatic heterocycles. The van der Waals surface area contributed by atoms with E-state index >= 15 is 0 Å². The number of halogens is 1. The summed E-state index contributed by atoms with van der Waals surface area (Å²) in [6, 6.07) is 5.71. The summed E-state index contributed by atoms with van der Waals surface area (Å²) in [7, 11) is 0. The van der Waals surface area contributed by atoms with E-state index in [9.17, 15) is 5.26 Å². The normalized spacial score (nSPS) is 16.7. The Morgan fingerprint density at radius 3 is 2.72 bits per heavy atom. The molecule has 9 heteroatoms. The van der Waals surface area contributed by atoms with Crippen molar-refractivity contribution in [3.05, 3.63) is 27.2 Å². The van der Waals surface area contributed by atoms with E-state index in [2.05, 4.69) is 26.1 Å². The van der Waals surface area contributed by atoms with E-state index in [0.717, 1.165) is 17.0 Å². The molecule has 0 unspecified atom stereocenters. The van der Waals surface area contributed by atoms with E-state index in [0.29, 0.717) is 10.3 Å². The second-order valence-corrected chi connectivity index (χ2v) is 8.01. The first-order valence-corrected chi connectivity index (χ1v) is 8.71. The third kappa shape index (κ3) is 3.62. The molecule has 128 valence electrons. The van der Waals surface area contributed by atoms with Crippen LogP contribution in [0, 0.1) is 11.3 Å². The lowest BCUT2D eigenvalue weighted by atomic mass is 9.99. The molecule has 0 amide bonds. The molecule has 0 saturated carbocycles. The zero-order valence-corrected chi connectivity index (χ0v) is 15.6. The molecule has 1 aliphatic heterocycles. The molecule has 0 radical (unpaired) electrons. The average molecular weight is 374 g/mol. The molecule has 7 nitrogen and oxygen atoms in total. The molecule has 3 rings (SSSR count). The number of rotatable bonds is 3. The van der Waals surface area contributed by atoms with Gasteiger partial charge in [-0.1, -0.05) is 11.6 Å². The van der Waals surface area contributed by atoms with E-state index in [1.807, 2.05) is 26.8 Å². The van der Waals surface area contributed by atoms with Gasteiger partial charge in [-0.25, -0.2) is 5.01 Å². The molecular formula is C16H16ClN7S. The fourth-order valence-corrected chi connectivity index (χ4v) is 3.65. The first-order valence-electron chi connectivity index (χ1n) is 7.52. The minimum absolute atomic E-state index is 0.0425. The third-order valence-corrected chi connectivity index (χ3v) is 4.78. The summed E-state index contributed by atoms with van der Waals surface area (Å²) >= 11 is 7.30. The van der Waals surface area contributed by atoms with Crippen molar-refractivity contribution in [2.24, 2.45) is 5.10 Å². The van der Waals surface area contributed by atoms with Crippen LogP contribution in [0.3, 0.4) is 0 Å².